The van der Waals surface area contributed by atoms with Gasteiger partial charge in [-0.1, -0.05) is 11.6 Å². The fourth-order valence-electron chi connectivity index (χ4n) is 2.84. The van der Waals surface area contributed by atoms with E-state index >= 15 is 0 Å². The van der Waals surface area contributed by atoms with Gasteiger partial charge in [0, 0.05) is 36.9 Å². The highest BCUT2D eigenvalue weighted by atomic mass is 35.5. The second-order valence-electron chi connectivity index (χ2n) is 7.41. The Balaban J connectivity index is 1.75. The number of carbonyl (C=O) groups is 1. The van der Waals surface area contributed by atoms with Gasteiger partial charge in [-0.25, -0.2) is 13.8 Å². The zero-order chi connectivity index (χ0) is 21.9. The molecular formula is C20H22ClF2N5O2. The summed E-state index contributed by atoms with van der Waals surface area (Å²) in [5.41, 5.74) is 2.06. The largest absolute Gasteiger partial charge is 0.470 e. The Morgan fingerprint density at radius 2 is 2.13 bits per heavy atom. The highest BCUT2D eigenvalue weighted by Gasteiger charge is 2.23. The van der Waals surface area contributed by atoms with Crippen molar-refractivity contribution in [3.8, 4) is 5.88 Å². The molecule has 7 nitrogen and oxygen atoms in total. The molecule has 1 amide bonds. The number of aromatic nitrogens is 4. The minimum Gasteiger partial charge on any atom is -0.470 e. The van der Waals surface area contributed by atoms with Crippen LogP contribution in [0.15, 0.2) is 30.7 Å². The number of rotatable bonds is 8. The molecule has 0 aliphatic carbocycles. The molecule has 160 valence electrons. The molecule has 3 aromatic rings. The quantitative estimate of drug-likeness (QED) is 0.582. The number of hydrogen-bond donors (Lipinski definition) is 1. The Bertz CT molecular complexity index is 1050. The molecular weight excluding hydrogens is 416 g/mol. The number of amides is 1. The molecule has 3 heterocycles. The Hall–Kier alpha value is -2.81. The lowest BCUT2D eigenvalue weighted by Crippen LogP contribution is -2.31. The topological polar surface area (TPSA) is 81.9 Å². The molecule has 30 heavy (non-hydrogen) atoms. The molecule has 1 N–H and O–H groups in total. The molecule has 0 saturated heterocycles. The molecule has 0 aliphatic heterocycles. The van der Waals surface area contributed by atoms with Crippen LogP contribution in [0.1, 0.15) is 32.0 Å². The summed E-state index contributed by atoms with van der Waals surface area (Å²) in [5, 5.41) is 8.27. The van der Waals surface area contributed by atoms with Crippen molar-refractivity contribution < 1.29 is 18.3 Å². The zero-order valence-electron chi connectivity index (χ0n) is 16.8. The summed E-state index contributed by atoms with van der Waals surface area (Å²) < 4.78 is 32.5. The molecule has 0 saturated carbocycles. The summed E-state index contributed by atoms with van der Waals surface area (Å²) in [4.78, 5) is 20.4. The average Bonchev–Trinajstić information content (AvgIpc) is 3.03. The van der Waals surface area contributed by atoms with E-state index in [-0.39, 0.29) is 29.3 Å². The predicted octanol–water partition coefficient (Wildman–Crippen LogP) is 3.63. The van der Waals surface area contributed by atoms with Gasteiger partial charge in [0.25, 0.3) is 5.92 Å². The zero-order valence-corrected chi connectivity index (χ0v) is 17.6. The molecule has 0 atom stereocenters. The van der Waals surface area contributed by atoms with Crippen LogP contribution in [0, 0.1) is 0 Å². The Morgan fingerprint density at radius 3 is 2.80 bits per heavy atom. The van der Waals surface area contributed by atoms with Gasteiger partial charge in [-0.2, -0.15) is 5.10 Å². The molecule has 0 unspecified atom stereocenters. The Morgan fingerprint density at radius 1 is 1.37 bits per heavy atom. The van der Waals surface area contributed by atoms with Gasteiger partial charge in [-0.3, -0.25) is 14.5 Å². The van der Waals surface area contributed by atoms with E-state index in [2.05, 4.69) is 20.4 Å². The molecule has 0 aliphatic rings. The summed E-state index contributed by atoms with van der Waals surface area (Å²) in [5.74, 6) is -3.13. The summed E-state index contributed by atoms with van der Waals surface area (Å²) in [6, 6.07) is 3.41. The van der Waals surface area contributed by atoms with E-state index in [1.807, 2.05) is 13.8 Å². The fourth-order valence-corrected chi connectivity index (χ4v) is 3.08. The van der Waals surface area contributed by atoms with Crippen LogP contribution in [0.2, 0.25) is 5.02 Å². The number of carbonyl (C=O) groups excluding carboxylic acids is 1. The number of fused-ring (bicyclic) bond motifs is 1. The van der Waals surface area contributed by atoms with Crippen LogP contribution >= 0.6 is 11.6 Å². The first-order valence-corrected chi connectivity index (χ1v) is 9.74. The molecule has 3 rings (SSSR count). The maximum atomic E-state index is 12.9. The van der Waals surface area contributed by atoms with E-state index < -0.39 is 12.5 Å². The maximum Gasteiger partial charge on any atom is 0.278 e. The van der Waals surface area contributed by atoms with Gasteiger partial charge in [-0.05, 0) is 31.5 Å². The number of alkyl halides is 2. The van der Waals surface area contributed by atoms with E-state index in [9.17, 15) is 13.6 Å². The van der Waals surface area contributed by atoms with Crippen LogP contribution in [-0.4, -0.2) is 44.2 Å². The molecule has 10 heteroatoms. The van der Waals surface area contributed by atoms with Crippen molar-refractivity contribution in [1.29, 1.82) is 0 Å². The Labute approximate surface area is 177 Å². The lowest BCUT2D eigenvalue weighted by atomic mass is 10.2. The van der Waals surface area contributed by atoms with Crippen LogP contribution in [0.3, 0.4) is 0 Å². The van der Waals surface area contributed by atoms with Crippen LogP contribution in [0.4, 0.5) is 8.78 Å². The van der Waals surface area contributed by atoms with Crippen molar-refractivity contribution in [3.05, 3.63) is 47.0 Å². The van der Waals surface area contributed by atoms with Crippen molar-refractivity contribution >= 4 is 28.4 Å². The van der Waals surface area contributed by atoms with Gasteiger partial charge in [0.2, 0.25) is 11.8 Å². The van der Waals surface area contributed by atoms with E-state index in [0.717, 1.165) is 17.9 Å². The number of ether oxygens (including phenoxy) is 1. The van der Waals surface area contributed by atoms with Crippen LogP contribution < -0.4 is 10.1 Å². The van der Waals surface area contributed by atoms with Crippen LogP contribution in [0.25, 0.3) is 10.9 Å². The monoisotopic (exact) mass is 437 g/mol. The third-order valence-corrected chi connectivity index (χ3v) is 4.28. The molecule has 0 bridgehead atoms. The van der Waals surface area contributed by atoms with Gasteiger partial charge in [0.1, 0.15) is 5.02 Å². The third kappa shape index (κ3) is 5.85. The standard InChI is InChI=1S/C20H22ClF2N5O2/c1-12(2)26-18(29)7-17-14-10-28(27-16(14)4-5-24-17)9-13-6-15(21)19(25-8-13)30-11-20(3,22)23/h4-6,8,10,12H,7,9,11H2,1-3H3,(H,26,29). The van der Waals surface area contributed by atoms with Gasteiger partial charge in [0.05, 0.1) is 24.2 Å². The molecule has 0 aromatic carbocycles. The van der Waals surface area contributed by atoms with Crippen molar-refractivity contribution in [3.63, 3.8) is 0 Å². The summed E-state index contributed by atoms with van der Waals surface area (Å²) in [6.45, 7) is 4.10. The minimum atomic E-state index is -2.98. The second kappa shape index (κ2) is 8.91. The highest BCUT2D eigenvalue weighted by Crippen LogP contribution is 2.25. The smallest absolute Gasteiger partial charge is 0.278 e. The van der Waals surface area contributed by atoms with Crippen molar-refractivity contribution in [2.45, 2.75) is 45.7 Å². The molecule has 0 fully saturated rings. The predicted molar refractivity (Wildman–Crippen MR) is 109 cm³/mol. The summed E-state index contributed by atoms with van der Waals surface area (Å²) >= 11 is 6.11. The maximum absolute atomic E-state index is 12.9. The normalized spacial score (nSPS) is 11.8. The van der Waals surface area contributed by atoms with Crippen molar-refractivity contribution in [2.75, 3.05) is 6.61 Å². The van der Waals surface area contributed by atoms with E-state index in [1.54, 1.807) is 29.2 Å². The minimum absolute atomic E-state index is 0.0461. The lowest BCUT2D eigenvalue weighted by molar-refractivity contribution is -0.120. The van der Waals surface area contributed by atoms with Crippen LogP contribution in [0.5, 0.6) is 5.88 Å². The van der Waals surface area contributed by atoms with E-state index in [0.29, 0.717) is 17.8 Å². The van der Waals surface area contributed by atoms with E-state index in [1.165, 1.54) is 6.20 Å². The first kappa shape index (κ1) is 21.9. The second-order valence-corrected chi connectivity index (χ2v) is 7.81. The fraction of sp³-hybridized carbons (Fsp3) is 0.400. The van der Waals surface area contributed by atoms with Gasteiger partial charge in [-0.15, -0.1) is 0 Å². The van der Waals surface area contributed by atoms with Crippen LogP contribution in [-0.2, 0) is 17.8 Å². The first-order chi connectivity index (χ1) is 14.1. The van der Waals surface area contributed by atoms with Crippen molar-refractivity contribution in [2.24, 2.45) is 0 Å². The average molecular weight is 438 g/mol. The van der Waals surface area contributed by atoms with Gasteiger partial charge >= 0.3 is 0 Å². The highest BCUT2D eigenvalue weighted by molar-refractivity contribution is 6.31. The number of pyridine rings is 2. The molecule has 0 radical (unpaired) electrons. The number of halogens is 3. The first-order valence-electron chi connectivity index (χ1n) is 9.36. The van der Waals surface area contributed by atoms with E-state index in [4.69, 9.17) is 16.3 Å². The number of nitrogens with one attached hydrogen (secondary N) is 1. The summed E-state index contributed by atoms with van der Waals surface area (Å²) in [6.07, 6.45) is 5.07. The third-order valence-electron chi connectivity index (χ3n) is 4.01. The van der Waals surface area contributed by atoms with Gasteiger partial charge in [0.15, 0.2) is 6.61 Å². The summed E-state index contributed by atoms with van der Waals surface area (Å²) in [7, 11) is 0. The number of hydrogen-bond acceptors (Lipinski definition) is 5. The molecule has 3 aromatic heterocycles. The van der Waals surface area contributed by atoms with Gasteiger partial charge < -0.3 is 10.1 Å². The SMILES string of the molecule is CC(C)NC(=O)Cc1nccc2nn(Cc3cnc(OCC(C)(F)F)c(Cl)c3)cc12. The number of nitrogens with zero attached hydrogens (tertiary/aromatic N) is 4. The van der Waals surface area contributed by atoms with Crippen molar-refractivity contribution in [1.82, 2.24) is 25.1 Å². The Kier molecular flexibility index (Phi) is 6.50. The molecule has 0 spiro atoms. The lowest BCUT2D eigenvalue weighted by Gasteiger charge is -2.12.